The van der Waals surface area contributed by atoms with Crippen molar-refractivity contribution in [2.45, 2.75) is 13.5 Å². The van der Waals surface area contributed by atoms with Crippen molar-refractivity contribution >= 4 is 28.6 Å². The molecule has 3 aromatic rings. The number of carbonyl (C=O) groups excluding carboxylic acids is 1. The smallest absolute Gasteiger partial charge is 0.244 e. The summed E-state index contributed by atoms with van der Waals surface area (Å²) >= 11 is 1.52. The molecule has 0 bridgehead atoms. The Morgan fingerprint density at radius 2 is 1.88 bits per heavy atom. The van der Waals surface area contributed by atoms with E-state index in [1.807, 2.05) is 71.5 Å². The highest BCUT2D eigenvalue weighted by molar-refractivity contribution is 7.07. The van der Waals surface area contributed by atoms with Crippen molar-refractivity contribution in [3.63, 3.8) is 0 Å². The number of rotatable bonds is 5. The molecule has 0 aliphatic carbocycles. The van der Waals surface area contributed by atoms with Crippen molar-refractivity contribution in [1.82, 2.24) is 4.57 Å². The maximum atomic E-state index is 12.4. The van der Waals surface area contributed by atoms with Gasteiger partial charge in [0.2, 0.25) is 5.91 Å². The van der Waals surface area contributed by atoms with E-state index in [0.29, 0.717) is 0 Å². The van der Waals surface area contributed by atoms with Crippen LogP contribution >= 0.6 is 11.3 Å². The molecule has 25 heavy (non-hydrogen) atoms. The predicted molar refractivity (Wildman–Crippen MR) is 100 cm³/mol. The maximum Gasteiger partial charge on any atom is 0.244 e. The van der Waals surface area contributed by atoms with E-state index in [1.165, 1.54) is 11.3 Å². The summed E-state index contributed by atoms with van der Waals surface area (Å²) in [5.41, 5.74) is 2.61. The van der Waals surface area contributed by atoms with Gasteiger partial charge >= 0.3 is 0 Å². The first-order chi connectivity index (χ1) is 12.2. The Morgan fingerprint density at radius 3 is 2.56 bits per heavy atom. The van der Waals surface area contributed by atoms with Crippen LogP contribution in [0.1, 0.15) is 5.69 Å². The summed E-state index contributed by atoms with van der Waals surface area (Å²) in [6, 6.07) is 17.0. The molecule has 0 fully saturated rings. The van der Waals surface area contributed by atoms with E-state index >= 15 is 0 Å². The first kappa shape index (κ1) is 17.0. The number of hydrogen-bond acceptors (Lipinski definition) is 4. The van der Waals surface area contributed by atoms with Crippen molar-refractivity contribution in [2.24, 2.45) is 4.99 Å². The summed E-state index contributed by atoms with van der Waals surface area (Å²) in [7, 11) is 1.61. The Balaban J connectivity index is 1.77. The van der Waals surface area contributed by atoms with Crippen molar-refractivity contribution in [3.8, 4) is 5.75 Å². The van der Waals surface area contributed by atoms with E-state index in [1.54, 1.807) is 7.11 Å². The molecule has 1 aromatic heterocycles. The van der Waals surface area contributed by atoms with Gasteiger partial charge in [-0.05, 0) is 43.3 Å². The molecule has 128 valence electrons. The van der Waals surface area contributed by atoms with E-state index < -0.39 is 0 Å². The molecule has 0 atom stereocenters. The topological polar surface area (TPSA) is 55.6 Å². The molecule has 0 spiro atoms. The van der Waals surface area contributed by atoms with Gasteiger partial charge in [0.25, 0.3) is 0 Å². The fourth-order valence-electron chi connectivity index (χ4n) is 2.33. The highest BCUT2D eigenvalue weighted by Crippen LogP contribution is 2.15. The number of benzene rings is 2. The zero-order chi connectivity index (χ0) is 17.6. The number of nitrogens with zero attached hydrogens (tertiary/aromatic N) is 2. The van der Waals surface area contributed by atoms with Crippen LogP contribution in [0.15, 0.2) is 65.0 Å². The Morgan fingerprint density at radius 1 is 1.16 bits per heavy atom. The second-order valence-corrected chi connectivity index (χ2v) is 6.31. The van der Waals surface area contributed by atoms with Crippen LogP contribution in [0.4, 0.5) is 11.4 Å². The lowest BCUT2D eigenvalue weighted by Crippen LogP contribution is -2.25. The molecule has 0 aliphatic heterocycles. The van der Waals surface area contributed by atoms with E-state index in [0.717, 1.165) is 27.6 Å². The van der Waals surface area contributed by atoms with E-state index in [9.17, 15) is 4.79 Å². The number of methoxy groups -OCH3 is 1. The number of hydrogen-bond donors (Lipinski definition) is 1. The lowest BCUT2D eigenvalue weighted by Gasteiger charge is -2.08. The van der Waals surface area contributed by atoms with Gasteiger partial charge in [-0.15, -0.1) is 11.3 Å². The molecule has 1 heterocycles. The molecular formula is C19H19N3O2S. The van der Waals surface area contributed by atoms with Crippen LogP contribution in [-0.2, 0) is 11.3 Å². The molecule has 2 aromatic carbocycles. The molecule has 0 saturated carbocycles. The molecule has 6 heteroatoms. The number of thiazole rings is 1. The number of aromatic nitrogens is 1. The standard InChI is InChI=1S/C19H19N3O2S/c1-14-13-25-19(21-15-6-4-3-5-7-15)22(14)12-18(23)20-16-8-10-17(24-2)11-9-16/h3-11,13H,12H2,1-2H3,(H,20,23). The lowest BCUT2D eigenvalue weighted by atomic mass is 10.3. The van der Waals surface area contributed by atoms with E-state index in [4.69, 9.17) is 4.74 Å². The van der Waals surface area contributed by atoms with Gasteiger partial charge in [0.15, 0.2) is 4.80 Å². The van der Waals surface area contributed by atoms with Crippen LogP contribution < -0.4 is 14.9 Å². The molecule has 1 N–H and O–H groups in total. The highest BCUT2D eigenvalue weighted by Gasteiger charge is 2.08. The number of amides is 1. The summed E-state index contributed by atoms with van der Waals surface area (Å²) < 4.78 is 7.03. The molecular weight excluding hydrogens is 334 g/mol. The van der Waals surface area contributed by atoms with Gasteiger partial charge in [-0.25, -0.2) is 4.99 Å². The number of aryl methyl sites for hydroxylation is 1. The van der Waals surface area contributed by atoms with Crippen LogP contribution in [0.5, 0.6) is 5.75 Å². The van der Waals surface area contributed by atoms with Gasteiger partial charge in [-0.2, -0.15) is 0 Å². The number of para-hydroxylation sites is 1. The molecule has 5 nitrogen and oxygen atoms in total. The monoisotopic (exact) mass is 353 g/mol. The first-order valence-electron chi connectivity index (χ1n) is 7.84. The van der Waals surface area contributed by atoms with Crippen molar-refractivity contribution < 1.29 is 9.53 Å². The van der Waals surface area contributed by atoms with Gasteiger partial charge in [-0.3, -0.25) is 4.79 Å². The fourth-order valence-corrected chi connectivity index (χ4v) is 3.22. The molecule has 1 amide bonds. The second kappa shape index (κ2) is 7.81. The number of ether oxygens (including phenoxy) is 1. The highest BCUT2D eigenvalue weighted by atomic mass is 32.1. The van der Waals surface area contributed by atoms with Gasteiger partial charge < -0.3 is 14.6 Å². The van der Waals surface area contributed by atoms with Crippen LogP contribution in [-0.4, -0.2) is 17.6 Å². The third kappa shape index (κ3) is 4.36. The third-order valence-electron chi connectivity index (χ3n) is 3.65. The van der Waals surface area contributed by atoms with Crippen molar-refractivity contribution in [2.75, 3.05) is 12.4 Å². The van der Waals surface area contributed by atoms with Crippen LogP contribution in [0.25, 0.3) is 0 Å². The average Bonchev–Trinajstić information content (AvgIpc) is 2.96. The summed E-state index contributed by atoms with van der Waals surface area (Å²) in [5, 5.41) is 4.90. The Hall–Kier alpha value is -2.86. The number of carbonyl (C=O) groups is 1. The Bertz CT molecular complexity index is 912. The Labute approximate surface area is 150 Å². The molecule has 0 aliphatic rings. The summed E-state index contributed by atoms with van der Waals surface area (Å²) in [5.74, 6) is 0.658. The molecule has 0 radical (unpaired) electrons. The minimum atomic E-state index is -0.0961. The summed E-state index contributed by atoms with van der Waals surface area (Å²) in [6.07, 6.45) is 0. The lowest BCUT2D eigenvalue weighted by molar-refractivity contribution is -0.116. The van der Waals surface area contributed by atoms with Gasteiger partial charge in [-0.1, -0.05) is 18.2 Å². The predicted octanol–water partition coefficient (Wildman–Crippen LogP) is 3.74. The van der Waals surface area contributed by atoms with Gasteiger partial charge in [0.05, 0.1) is 12.8 Å². The van der Waals surface area contributed by atoms with Crippen molar-refractivity contribution in [1.29, 1.82) is 0 Å². The summed E-state index contributed by atoms with van der Waals surface area (Å²) in [6.45, 7) is 2.19. The summed E-state index contributed by atoms with van der Waals surface area (Å²) in [4.78, 5) is 17.8. The Kier molecular flexibility index (Phi) is 5.30. The molecule has 0 unspecified atom stereocenters. The van der Waals surface area contributed by atoms with Crippen LogP contribution in [0, 0.1) is 6.92 Å². The number of anilines is 1. The quantitative estimate of drug-likeness (QED) is 0.760. The minimum Gasteiger partial charge on any atom is -0.497 e. The first-order valence-corrected chi connectivity index (χ1v) is 8.72. The second-order valence-electron chi connectivity index (χ2n) is 5.47. The van der Waals surface area contributed by atoms with Crippen molar-refractivity contribution in [3.05, 3.63) is 70.5 Å². The zero-order valence-corrected chi connectivity index (χ0v) is 14.9. The van der Waals surface area contributed by atoms with Crippen LogP contribution in [0.3, 0.4) is 0 Å². The maximum absolute atomic E-state index is 12.4. The van der Waals surface area contributed by atoms with E-state index in [-0.39, 0.29) is 12.5 Å². The average molecular weight is 353 g/mol. The van der Waals surface area contributed by atoms with Crippen LogP contribution in [0.2, 0.25) is 0 Å². The van der Waals surface area contributed by atoms with Gasteiger partial charge in [0, 0.05) is 16.8 Å². The van der Waals surface area contributed by atoms with E-state index in [2.05, 4.69) is 10.3 Å². The molecule has 3 rings (SSSR count). The SMILES string of the molecule is COc1ccc(NC(=O)Cn2c(C)csc2=Nc2ccccc2)cc1. The van der Waals surface area contributed by atoms with Gasteiger partial charge in [0.1, 0.15) is 12.3 Å². The molecule has 0 saturated heterocycles. The minimum absolute atomic E-state index is 0.0961. The zero-order valence-electron chi connectivity index (χ0n) is 14.1. The number of nitrogens with one attached hydrogen (secondary N) is 1. The largest absolute Gasteiger partial charge is 0.497 e. The fraction of sp³-hybridized carbons (Fsp3) is 0.158. The third-order valence-corrected chi connectivity index (χ3v) is 4.63. The normalized spacial score (nSPS) is 11.4.